The third kappa shape index (κ3) is 5.47. The molecule has 1 aliphatic rings. The number of aromatic nitrogens is 5. The average molecular weight is 503 g/mol. The molecule has 9 heteroatoms. The van der Waals surface area contributed by atoms with Gasteiger partial charge in [0, 0.05) is 62.6 Å². The molecular formula is C28H35FN8. The summed E-state index contributed by atoms with van der Waals surface area (Å²) in [5.74, 6) is 0.803. The van der Waals surface area contributed by atoms with E-state index in [0.717, 1.165) is 67.8 Å². The zero-order chi connectivity index (χ0) is 25.9. The van der Waals surface area contributed by atoms with Crippen molar-refractivity contribution >= 4 is 22.7 Å². The number of hydrogen-bond donors (Lipinski definition) is 1. The van der Waals surface area contributed by atoms with E-state index >= 15 is 0 Å². The second-order valence-electron chi connectivity index (χ2n) is 9.83. The van der Waals surface area contributed by atoms with Crippen molar-refractivity contribution in [2.75, 3.05) is 38.0 Å². The van der Waals surface area contributed by atoms with Gasteiger partial charge in [0.25, 0.3) is 0 Å². The molecule has 1 fully saturated rings. The Morgan fingerprint density at radius 3 is 2.49 bits per heavy atom. The number of halogens is 1. The largest absolute Gasteiger partial charge is 0.309 e. The fourth-order valence-electron chi connectivity index (χ4n) is 5.00. The number of rotatable bonds is 8. The Bertz CT molecular complexity index is 1360. The zero-order valence-electron chi connectivity index (χ0n) is 22.1. The highest BCUT2D eigenvalue weighted by atomic mass is 19.1. The van der Waals surface area contributed by atoms with Gasteiger partial charge in [-0.1, -0.05) is 32.9 Å². The molecule has 0 radical (unpaired) electrons. The van der Waals surface area contributed by atoms with Gasteiger partial charge in [0.2, 0.25) is 5.95 Å². The minimum absolute atomic E-state index is 0.251. The number of nitrogens with zero attached hydrogens (tertiary/aromatic N) is 7. The molecule has 0 spiro atoms. The first-order valence-electron chi connectivity index (χ1n) is 13.1. The van der Waals surface area contributed by atoms with Crippen molar-refractivity contribution in [3.63, 3.8) is 0 Å². The van der Waals surface area contributed by atoms with Gasteiger partial charge >= 0.3 is 0 Å². The minimum atomic E-state index is -0.467. The van der Waals surface area contributed by atoms with Crippen LogP contribution in [0.4, 0.5) is 16.2 Å². The molecule has 0 aliphatic carbocycles. The molecule has 37 heavy (non-hydrogen) atoms. The van der Waals surface area contributed by atoms with Crippen LogP contribution >= 0.6 is 0 Å². The minimum Gasteiger partial charge on any atom is -0.309 e. The van der Waals surface area contributed by atoms with Crippen LogP contribution < -0.4 is 5.32 Å². The van der Waals surface area contributed by atoms with Gasteiger partial charge in [0.15, 0.2) is 5.82 Å². The highest BCUT2D eigenvalue weighted by Gasteiger charge is 2.18. The van der Waals surface area contributed by atoms with Gasteiger partial charge < -0.3 is 10.2 Å². The van der Waals surface area contributed by atoms with Crippen molar-refractivity contribution < 1.29 is 4.39 Å². The van der Waals surface area contributed by atoms with Crippen molar-refractivity contribution in [1.29, 1.82) is 0 Å². The van der Waals surface area contributed by atoms with E-state index in [1.807, 2.05) is 42.2 Å². The van der Waals surface area contributed by atoms with Gasteiger partial charge in [-0.3, -0.25) is 9.58 Å². The van der Waals surface area contributed by atoms with Gasteiger partial charge in [0.1, 0.15) is 11.5 Å². The molecule has 0 saturated carbocycles. The van der Waals surface area contributed by atoms with Gasteiger partial charge in [0.05, 0.1) is 11.7 Å². The van der Waals surface area contributed by atoms with Crippen molar-refractivity contribution in [2.24, 2.45) is 7.05 Å². The fourth-order valence-corrected chi connectivity index (χ4v) is 5.00. The first-order valence-corrected chi connectivity index (χ1v) is 13.1. The van der Waals surface area contributed by atoms with Gasteiger partial charge in [-0.25, -0.2) is 19.3 Å². The van der Waals surface area contributed by atoms with E-state index in [1.54, 1.807) is 0 Å². The summed E-state index contributed by atoms with van der Waals surface area (Å²) < 4.78 is 16.8. The number of fused-ring (bicyclic) bond motifs is 1. The van der Waals surface area contributed by atoms with Crippen LogP contribution in [-0.4, -0.2) is 67.3 Å². The summed E-state index contributed by atoms with van der Waals surface area (Å²) >= 11 is 0. The summed E-state index contributed by atoms with van der Waals surface area (Å²) in [6.07, 6.45) is 4.08. The highest BCUT2D eigenvalue weighted by Crippen LogP contribution is 2.31. The van der Waals surface area contributed by atoms with Crippen molar-refractivity contribution in [3.05, 3.63) is 59.8 Å². The van der Waals surface area contributed by atoms with E-state index in [2.05, 4.69) is 62.0 Å². The van der Waals surface area contributed by atoms with Crippen molar-refractivity contribution in [1.82, 2.24) is 34.5 Å². The number of hydrogen-bond acceptors (Lipinski definition) is 7. The molecule has 1 aliphatic heterocycles. The summed E-state index contributed by atoms with van der Waals surface area (Å²) in [4.78, 5) is 18.1. The van der Waals surface area contributed by atoms with Crippen molar-refractivity contribution in [2.45, 2.75) is 39.7 Å². The van der Waals surface area contributed by atoms with Crippen LogP contribution in [0.5, 0.6) is 0 Å². The van der Waals surface area contributed by atoms with E-state index in [4.69, 9.17) is 0 Å². The lowest BCUT2D eigenvalue weighted by Gasteiger charge is -2.33. The smallest absolute Gasteiger partial charge is 0.229 e. The quantitative estimate of drug-likeness (QED) is 0.365. The predicted molar refractivity (Wildman–Crippen MR) is 145 cm³/mol. The first-order chi connectivity index (χ1) is 17.9. The molecule has 1 saturated heterocycles. The maximum Gasteiger partial charge on any atom is 0.229 e. The van der Waals surface area contributed by atoms with Crippen LogP contribution in [0, 0.1) is 5.82 Å². The summed E-state index contributed by atoms with van der Waals surface area (Å²) in [6.45, 7) is 12.9. The van der Waals surface area contributed by atoms with E-state index in [-0.39, 0.29) is 5.69 Å². The summed E-state index contributed by atoms with van der Waals surface area (Å²) in [5.41, 5.74) is 4.15. The first kappa shape index (κ1) is 25.2. The molecule has 194 valence electrons. The van der Waals surface area contributed by atoms with E-state index in [0.29, 0.717) is 23.2 Å². The third-order valence-electron chi connectivity index (χ3n) is 7.36. The van der Waals surface area contributed by atoms with Crippen LogP contribution in [-0.2, 0) is 13.6 Å². The van der Waals surface area contributed by atoms with Crippen molar-refractivity contribution in [3.8, 4) is 11.3 Å². The average Bonchev–Trinajstić information content (AvgIpc) is 3.25. The Kier molecular flexibility index (Phi) is 7.43. The Morgan fingerprint density at radius 2 is 1.78 bits per heavy atom. The highest BCUT2D eigenvalue weighted by molar-refractivity contribution is 5.87. The van der Waals surface area contributed by atoms with Crippen LogP contribution in [0.3, 0.4) is 0 Å². The molecule has 5 rings (SSSR count). The molecule has 4 aromatic rings. The number of pyridine rings is 1. The maximum atomic E-state index is 14.9. The second-order valence-corrected chi connectivity index (χ2v) is 9.83. The third-order valence-corrected chi connectivity index (χ3v) is 7.36. The summed E-state index contributed by atoms with van der Waals surface area (Å²) in [6, 6.07) is 9.75. The lowest BCUT2D eigenvalue weighted by atomic mass is 9.99. The number of aryl methyl sites for hydroxylation is 1. The number of nitrogens with one attached hydrogen (secondary N) is 1. The molecule has 1 unspecified atom stereocenters. The van der Waals surface area contributed by atoms with Crippen LogP contribution in [0.2, 0.25) is 0 Å². The van der Waals surface area contributed by atoms with Gasteiger partial charge in [-0.15, -0.1) is 0 Å². The number of anilines is 2. The molecule has 0 amide bonds. The van der Waals surface area contributed by atoms with E-state index in [1.165, 1.54) is 6.20 Å². The molecule has 1 atom stereocenters. The van der Waals surface area contributed by atoms with E-state index in [9.17, 15) is 4.39 Å². The molecule has 0 bridgehead atoms. The van der Waals surface area contributed by atoms with Crippen LogP contribution in [0.25, 0.3) is 22.2 Å². The van der Waals surface area contributed by atoms with Gasteiger partial charge in [-0.05, 0) is 42.6 Å². The van der Waals surface area contributed by atoms with Gasteiger partial charge in [-0.2, -0.15) is 5.10 Å². The topological polar surface area (TPSA) is 75.0 Å². The van der Waals surface area contributed by atoms with Crippen LogP contribution in [0.15, 0.2) is 42.7 Å². The Hall–Kier alpha value is -3.43. The molecular weight excluding hydrogens is 467 g/mol. The summed E-state index contributed by atoms with van der Waals surface area (Å²) in [7, 11) is 1.96. The number of benzene rings is 1. The lowest BCUT2D eigenvalue weighted by Crippen LogP contribution is -2.45. The standard InChI is InChI=1S/C28H35FN8/c1-5-19(3)27-22-15-21(8-9-24(22)34-35(27)4)26-23(29)17-31-28(33-26)32-25-10-7-20(16-30-25)18-37-13-11-36(6-2)12-14-37/h7-10,15-17,19H,5-6,11-14,18H2,1-4H3,(H,30,31,32,33). The molecule has 1 N–H and O–H groups in total. The Morgan fingerprint density at radius 1 is 1.00 bits per heavy atom. The van der Waals surface area contributed by atoms with Crippen LogP contribution in [0.1, 0.15) is 44.4 Å². The second kappa shape index (κ2) is 10.9. The monoisotopic (exact) mass is 502 g/mol. The Labute approximate surface area is 217 Å². The molecule has 1 aromatic carbocycles. The lowest BCUT2D eigenvalue weighted by molar-refractivity contribution is 0.132. The summed E-state index contributed by atoms with van der Waals surface area (Å²) in [5, 5.41) is 8.78. The zero-order valence-corrected chi connectivity index (χ0v) is 22.1. The number of piperazine rings is 1. The SMILES string of the molecule is CCC(C)c1c2cc(-c3nc(Nc4ccc(CN5CCN(CC)CC5)cn4)ncc3F)ccc2nn1C. The fraction of sp³-hybridized carbons (Fsp3) is 0.429. The maximum absolute atomic E-state index is 14.9. The van der Waals surface area contributed by atoms with E-state index < -0.39 is 5.82 Å². The molecule has 8 nitrogen and oxygen atoms in total. The molecule has 3 aromatic heterocycles. The number of likely N-dealkylation sites (N-methyl/N-ethyl adjacent to an activating group) is 1. The Balaban J connectivity index is 1.33. The molecule has 4 heterocycles. The normalized spacial score (nSPS) is 15.8. The predicted octanol–water partition coefficient (Wildman–Crippen LogP) is 4.96.